The number of hydrogen-bond acceptors (Lipinski definition) is 7. The van der Waals surface area contributed by atoms with Crippen LogP contribution in [0.1, 0.15) is 18.3 Å². The first-order valence-corrected chi connectivity index (χ1v) is 5.86. The number of rotatable bonds is 6. The molecule has 0 aliphatic heterocycles. The van der Waals surface area contributed by atoms with Crippen LogP contribution in [0.4, 0.5) is 11.6 Å². The lowest BCUT2D eigenvalue weighted by Crippen LogP contribution is -2.11. The third kappa shape index (κ3) is 2.93. The lowest BCUT2D eigenvalue weighted by Gasteiger charge is -2.11. The summed E-state index contributed by atoms with van der Waals surface area (Å²) in [7, 11) is 0. The van der Waals surface area contributed by atoms with Gasteiger partial charge in [0.1, 0.15) is 18.0 Å². The quantitative estimate of drug-likeness (QED) is 0.795. The van der Waals surface area contributed by atoms with Gasteiger partial charge < -0.3 is 15.2 Å². The van der Waals surface area contributed by atoms with Gasteiger partial charge >= 0.3 is 0 Å². The minimum absolute atomic E-state index is 0.682. The van der Waals surface area contributed by atoms with Gasteiger partial charge in [-0.1, -0.05) is 5.16 Å². The number of hydrogen-bond donors (Lipinski definition) is 2. The Hall–Kier alpha value is -2.18. The highest BCUT2D eigenvalue weighted by Gasteiger charge is 2.06. The van der Waals surface area contributed by atoms with Gasteiger partial charge in [-0.05, 0) is 13.8 Å². The highest BCUT2D eigenvalue weighted by atomic mass is 16.5. The van der Waals surface area contributed by atoms with Crippen molar-refractivity contribution in [3.05, 3.63) is 24.1 Å². The maximum atomic E-state index is 4.67. The van der Waals surface area contributed by atoms with E-state index < -0.39 is 0 Å². The highest BCUT2D eigenvalue weighted by molar-refractivity contribution is 5.56. The third-order valence-electron chi connectivity index (χ3n) is 2.48. The molecule has 0 radical (unpaired) electrons. The summed E-state index contributed by atoms with van der Waals surface area (Å²) >= 11 is 0. The number of aromatic nitrogens is 4. The minimum atomic E-state index is 0.682. The molecule has 7 heteroatoms. The molecule has 0 amide bonds. The molecule has 18 heavy (non-hydrogen) atoms. The Labute approximate surface area is 105 Å². The van der Waals surface area contributed by atoms with Crippen molar-refractivity contribution in [2.24, 2.45) is 0 Å². The van der Waals surface area contributed by atoms with E-state index in [1.807, 2.05) is 13.8 Å². The summed E-state index contributed by atoms with van der Waals surface area (Å²) in [6.45, 7) is 5.54. The predicted octanol–water partition coefficient (Wildman–Crippen LogP) is 1.25. The molecule has 0 unspecified atom stereocenters. The summed E-state index contributed by atoms with van der Waals surface area (Å²) in [5.41, 5.74) is 1.01. The van der Waals surface area contributed by atoms with Crippen molar-refractivity contribution < 1.29 is 4.52 Å². The molecule has 0 saturated heterocycles. The largest absolute Gasteiger partial charge is 0.370 e. The summed E-state index contributed by atoms with van der Waals surface area (Å²) < 4.78 is 4.67. The molecule has 96 valence electrons. The molecule has 2 aromatic heterocycles. The van der Waals surface area contributed by atoms with Gasteiger partial charge in [-0.3, -0.25) is 0 Å². The maximum Gasteiger partial charge on any atom is 0.213 e. The molecule has 0 saturated carbocycles. The smallest absolute Gasteiger partial charge is 0.213 e. The zero-order chi connectivity index (χ0) is 12.8. The Morgan fingerprint density at radius 3 is 2.61 bits per heavy atom. The van der Waals surface area contributed by atoms with E-state index in [0.29, 0.717) is 18.8 Å². The van der Waals surface area contributed by atoms with Crippen molar-refractivity contribution in [2.75, 3.05) is 23.7 Å². The Morgan fingerprint density at radius 2 is 1.94 bits per heavy atom. The molecule has 2 aromatic rings. The molecule has 0 bridgehead atoms. The van der Waals surface area contributed by atoms with Gasteiger partial charge in [-0.15, -0.1) is 0 Å². The number of anilines is 2. The zero-order valence-electron chi connectivity index (χ0n) is 10.5. The normalized spacial score (nSPS) is 10.3. The molecule has 0 atom stereocenters. The molecule has 0 spiro atoms. The van der Waals surface area contributed by atoms with Gasteiger partial charge in [0.05, 0.1) is 0 Å². The van der Waals surface area contributed by atoms with E-state index >= 15 is 0 Å². The van der Waals surface area contributed by atoms with Crippen LogP contribution in [0, 0.1) is 6.92 Å². The fourth-order valence-corrected chi connectivity index (χ4v) is 1.57. The molecule has 7 nitrogen and oxygen atoms in total. The van der Waals surface area contributed by atoms with Gasteiger partial charge in [-0.25, -0.2) is 9.97 Å². The fraction of sp³-hybridized carbons (Fsp3) is 0.455. The Balaban J connectivity index is 1.94. The second-order valence-corrected chi connectivity index (χ2v) is 3.75. The first-order valence-electron chi connectivity index (χ1n) is 5.86. The Morgan fingerprint density at radius 1 is 1.17 bits per heavy atom. The van der Waals surface area contributed by atoms with Crippen LogP contribution in [0.25, 0.3) is 0 Å². The zero-order valence-corrected chi connectivity index (χ0v) is 10.5. The summed E-state index contributed by atoms with van der Waals surface area (Å²) in [6, 6.07) is 0. The van der Waals surface area contributed by atoms with Crippen LogP contribution in [0.2, 0.25) is 0 Å². The van der Waals surface area contributed by atoms with E-state index in [4.69, 9.17) is 0 Å². The first kappa shape index (κ1) is 12.3. The highest BCUT2D eigenvalue weighted by Crippen LogP contribution is 2.17. The van der Waals surface area contributed by atoms with Crippen LogP contribution >= 0.6 is 0 Å². The Bertz CT molecular complexity index is 484. The van der Waals surface area contributed by atoms with E-state index in [1.54, 1.807) is 6.33 Å². The van der Waals surface area contributed by atoms with Crippen molar-refractivity contribution in [1.82, 2.24) is 20.1 Å². The van der Waals surface area contributed by atoms with E-state index in [-0.39, 0.29) is 0 Å². The van der Waals surface area contributed by atoms with Crippen LogP contribution in [0.5, 0.6) is 0 Å². The summed E-state index contributed by atoms with van der Waals surface area (Å²) in [6.07, 6.45) is 3.56. The van der Waals surface area contributed by atoms with Crippen molar-refractivity contribution in [2.45, 2.75) is 20.3 Å². The molecule has 0 aromatic carbocycles. The molecule has 0 fully saturated rings. The van der Waals surface area contributed by atoms with Crippen LogP contribution in [-0.4, -0.2) is 33.2 Å². The average Bonchev–Trinajstić information content (AvgIpc) is 2.87. The summed E-state index contributed by atoms with van der Waals surface area (Å²) in [5, 5.41) is 10.2. The van der Waals surface area contributed by atoms with E-state index in [0.717, 1.165) is 23.7 Å². The van der Waals surface area contributed by atoms with Crippen molar-refractivity contribution in [3.63, 3.8) is 0 Å². The van der Waals surface area contributed by atoms with Crippen LogP contribution in [0.15, 0.2) is 17.2 Å². The van der Waals surface area contributed by atoms with E-state index in [9.17, 15) is 0 Å². The number of nitrogens with one attached hydrogen (secondary N) is 2. The standard InChI is InChI=1S/C11H16N6O/c1-3-12-10-8(2)11(15-6-14-10)13-5-4-9-16-7-18-17-9/h6-7H,3-5H2,1-2H3,(H2,12,13,14,15). The molecular formula is C11H16N6O. The van der Waals surface area contributed by atoms with E-state index in [2.05, 4.69) is 35.3 Å². The van der Waals surface area contributed by atoms with Crippen LogP contribution in [-0.2, 0) is 6.42 Å². The summed E-state index contributed by atoms with van der Waals surface area (Å²) in [5.74, 6) is 2.36. The Kier molecular flexibility index (Phi) is 4.06. The lowest BCUT2D eigenvalue weighted by atomic mass is 10.3. The van der Waals surface area contributed by atoms with Gasteiger partial charge in [0, 0.05) is 25.1 Å². The van der Waals surface area contributed by atoms with Crippen LogP contribution < -0.4 is 10.6 Å². The monoisotopic (exact) mass is 248 g/mol. The number of nitrogens with zero attached hydrogens (tertiary/aromatic N) is 4. The molecule has 2 heterocycles. The molecule has 0 aliphatic carbocycles. The van der Waals surface area contributed by atoms with Crippen molar-refractivity contribution in [3.8, 4) is 0 Å². The molecule has 2 rings (SSSR count). The second-order valence-electron chi connectivity index (χ2n) is 3.75. The van der Waals surface area contributed by atoms with Crippen LogP contribution in [0.3, 0.4) is 0 Å². The van der Waals surface area contributed by atoms with E-state index in [1.165, 1.54) is 6.39 Å². The molecule has 0 aliphatic rings. The SMILES string of the molecule is CCNc1ncnc(NCCc2ncon2)c1C. The van der Waals surface area contributed by atoms with Gasteiger partial charge in [0.2, 0.25) is 6.39 Å². The van der Waals surface area contributed by atoms with Gasteiger partial charge in [0.15, 0.2) is 5.82 Å². The average molecular weight is 248 g/mol. The second kappa shape index (κ2) is 5.95. The van der Waals surface area contributed by atoms with Gasteiger partial charge in [-0.2, -0.15) is 4.98 Å². The predicted molar refractivity (Wildman–Crippen MR) is 67.4 cm³/mol. The topological polar surface area (TPSA) is 88.8 Å². The maximum absolute atomic E-state index is 4.67. The minimum Gasteiger partial charge on any atom is -0.370 e. The molecular weight excluding hydrogens is 232 g/mol. The van der Waals surface area contributed by atoms with Gasteiger partial charge in [0.25, 0.3) is 0 Å². The lowest BCUT2D eigenvalue weighted by molar-refractivity contribution is 0.410. The van der Waals surface area contributed by atoms with Crippen molar-refractivity contribution in [1.29, 1.82) is 0 Å². The first-order chi connectivity index (χ1) is 8.81. The third-order valence-corrected chi connectivity index (χ3v) is 2.48. The van der Waals surface area contributed by atoms with Crippen molar-refractivity contribution >= 4 is 11.6 Å². The molecule has 2 N–H and O–H groups in total. The summed E-state index contributed by atoms with van der Waals surface area (Å²) in [4.78, 5) is 12.4. The fourth-order valence-electron chi connectivity index (χ4n) is 1.57.